The van der Waals surface area contributed by atoms with Gasteiger partial charge in [-0.25, -0.2) is 5.43 Å². The SMILES string of the molecule is COc1cccc(/C=N/NC(=O)C(=O)Nc2ccc(Cl)c(Cl)c2)c1. The lowest BCUT2D eigenvalue weighted by Gasteiger charge is -2.05. The molecule has 2 amide bonds. The van der Waals surface area contributed by atoms with Crippen LogP contribution < -0.4 is 15.5 Å². The summed E-state index contributed by atoms with van der Waals surface area (Å²) in [7, 11) is 1.55. The first-order valence-electron chi connectivity index (χ1n) is 6.73. The summed E-state index contributed by atoms with van der Waals surface area (Å²) in [6.45, 7) is 0. The number of hydrazone groups is 1. The van der Waals surface area contributed by atoms with E-state index < -0.39 is 11.8 Å². The number of halogens is 2. The molecule has 0 unspecified atom stereocenters. The van der Waals surface area contributed by atoms with Crippen LogP contribution in [0, 0.1) is 0 Å². The summed E-state index contributed by atoms with van der Waals surface area (Å²) in [5, 5.41) is 6.73. The van der Waals surface area contributed by atoms with Crippen LogP contribution >= 0.6 is 23.2 Å². The Balaban J connectivity index is 1.92. The summed E-state index contributed by atoms with van der Waals surface area (Å²) in [6.07, 6.45) is 1.40. The molecule has 0 aliphatic carbocycles. The number of carbonyl (C=O) groups is 2. The molecule has 124 valence electrons. The van der Waals surface area contributed by atoms with Gasteiger partial charge in [0.1, 0.15) is 5.75 Å². The molecule has 2 rings (SSSR count). The third-order valence-corrected chi connectivity index (χ3v) is 3.60. The van der Waals surface area contributed by atoms with Gasteiger partial charge >= 0.3 is 11.8 Å². The molecule has 0 aliphatic heterocycles. The third kappa shape index (κ3) is 4.97. The predicted molar refractivity (Wildman–Crippen MR) is 93.8 cm³/mol. The normalized spacial score (nSPS) is 10.5. The van der Waals surface area contributed by atoms with Crippen molar-refractivity contribution in [1.29, 1.82) is 0 Å². The number of carbonyl (C=O) groups excluding carboxylic acids is 2. The largest absolute Gasteiger partial charge is 0.497 e. The molecular weight excluding hydrogens is 353 g/mol. The fourth-order valence-corrected chi connectivity index (χ4v) is 2.00. The van der Waals surface area contributed by atoms with Gasteiger partial charge in [0.2, 0.25) is 0 Å². The van der Waals surface area contributed by atoms with E-state index in [2.05, 4.69) is 15.8 Å². The second-order valence-corrected chi connectivity index (χ2v) is 5.37. The number of anilines is 1. The molecule has 0 heterocycles. The molecule has 2 N–H and O–H groups in total. The molecule has 6 nitrogen and oxygen atoms in total. The topological polar surface area (TPSA) is 79.8 Å². The molecule has 2 aromatic carbocycles. The fraction of sp³-hybridized carbons (Fsp3) is 0.0625. The van der Waals surface area contributed by atoms with E-state index in [0.717, 1.165) is 0 Å². The molecule has 0 spiro atoms. The molecule has 0 aromatic heterocycles. The first-order valence-corrected chi connectivity index (χ1v) is 7.48. The molecule has 0 saturated carbocycles. The van der Waals surface area contributed by atoms with E-state index >= 15 is 0 Å². The maximum atomic E-state index is 11.8. The van der Waals surface area contributed by atoms with Gasteiger partial charge in [0.25, 0.3) is 0 Å². The van der Waals surface area contributed by atoms with Gasteiger partial charge in [-0.3, -0.25) is 9.59 Å². The van der Waals surface area contributed by atoms with E-state index in [0.29, 0.717) is 22.0 Å². The van der Waals surface area contributed by atoms with Crippen molar-refractivity contribution in [2.75, 3.05) is 12.4 Å². The zero-order valence-electron chi connectivity index (χ0n) is 12.5. The minimum Gasteiger partial charge on any atom is -0.497 e. The molecule has 0 radical (unpaired) electrons. The van der Waals surface area contributed by atoms with Crippen molar-refractivity contribution in [3.63, 3.8) is 0 Å². The first kappa shape index (κ1) is 17.8. The standard InChI is InChI=1S/C16H13Cl2N3O3/c1-24-12-4-2-3-10(7-12)9-19-21-16(23)15(22)20-11-5-6-13(17)14(18)8-11/h2-9H,1H3,(H,20,22)(H,21,23)/b19-9+. The summed E-state index contributed by atoms with van der Waals surface area (Å²) in [6, 6.07) is 11.5. The van der Waals surface area contributed by atoms with Gasteiger partial charge < -0.3 is 10.1 Å². The number of nitrogens with zero attached hydrogens (tertiary/aromatic N) is 1. The molecule has 8 heteroatoms. The highest BCUT2D eigenvalue weighted by Crippen LogP contribution is 2.24. The van der Waals surface area contributed by atoms with E-state index in [4.69, 9.17) is 27.9 Å². The number of benzene rings is 2. The van der Waals surface area contributed by atoms with Gasteiger partial charge in [0.05, 0.1) is 23.4 Å². The zero-order valence-corrected chi connectivity index (χ0v) is 14.1. The Morgan fingerprint density at radius 3 is 2.58 bits per heavy atom. The molecule has 0 aliphatic rings. The number of rotatable bonds is 4. The van der Waals surface area contributed by atoms with Crippen LogP contribution in [0.3, 0.4) is 0 Å². The van der Waals surface area contributed by atoms with Crippen molar-refractivity contribution >= 4 is 46.9 Å². The lowest BCUT2D eigenvalue weighted by Crippen LogP contribution is -2.32. The Kier molecular flexibility index (Phi) is 6.17. The lowest BCUT2D eigenvalue weighted by atomic mass is 10.2. The van der Waals surface area contributed by atoms with Crippen LogP contribution in [0.5, 0.6) is 5.75 Å². The van der Waals surface area contributed by atoms with Crippen molar-refractivity contribution in [2.45, 2.75) is 0 Å². The van der Waals surface area contributed by atoms with Crippen LogP contribution in [0.1, 0.15) is 5.56 Å². The Morgan fingerprint density at radius 1 is 1.08 bits per heavy atom. The highest BCUT2D eigenvalue weighted by molar-refractivity contribution is 6.42. The van der Waals surface area contributed by atoms with Crippen LogP contribution in [0.25, 0.3) is 0 Å². The smallest absolute Gasteiger partial charge is 0.329 e. The van der Waals surface area contributed by atoms with Crippen molar-refractivity contribution in [1.82, 2.24) is 5.43 Å². The van der Waals surface area contributed by atoms with E-state index in [9.17, 15) is 9.59 Å². The Hall–Kier alpha value is -2.57. The minimum atomic E-state index is -0.916. The summed E-state index contributed by atoms with van der Waals surface area (Å²) in [4.78, 5) is 23.5. The zero-order chi connectivity index (χ0) is 17.5. The van der Waals surface area contributed by atoms with Crippen molar-refractivity contribution in [3.05, 3.63) is 58.1 Å². The van der Waals surface area contributed by atoms with Crippen molar-refractivity contribution in [3.8, 4) is 5.75 Å². The Bertz CT molecular complexity index is 794. The van der Waals surface area contributed by atoms with Crippen molar-refractivity contribution in [2.24, 2.45) is 5.10 Å². The average Bonchev–Trinajstić information content (AvgIpc) is 2.58. The summed E-state index contributed by atoms with van der Waals surface area (Å²) in [5.41, 5.74) is 3.19. The Labute approximate surface area is 148 Å². The molecule has 2 aromatic rings. The van der Waals surface area contributed by atoms with Crippen molar-refractivity contribution < 1.29 is 14.3 Å². The van der Waals surface area contributed by atoms with Gasteiger partial charge in [0.15, 0.2) is 0 Å². The second-order valence-electron chi connectivity index (χ2n) is 4.56. The maximum absolute atomic E-state index is 11.8. The van der Waals surface area contributed by atoms with E-state index in [-0.39, 0.29) is 5.02 Å². The van der Waals surface area contributed by atoms with E-state index in [1.807, 2.05) is 0 Å². The predicted octanol–water partition coefficient (Wildman–Crippen LogP) is 3.09. The number of nitrogens with one attached hydrogen (secondary N) is 2. The number of ether oxygens (including phenoxy) is 1. The highest BCUT2D eigenvalue weighted by Gasteiger charge is 2.13. The van der Waals surface area contributed by atoms with Crippen LogP contribution in [-0.2, 0) is 9.59 Å². The fourth-order valence-electron chi connectivity index (χ4n) is 1.70. The third-order valence-electron chi connectivity index (χ3n) is 2.86. The highest BCUT2D eigenvalue weighted by atomic mass is 35.5. The minimum absolute atomic E-state index is 0.269. The molecule has 0 atom stereocenters. The van der Waals surface area contributed by atoms with Crippen LogP contribution in [0.4, 0.5) is 5.69 Å². The molecule has 0 saturated heterocycles. The maximum Gasteiger partial charge on any atom is 0.329 e. The summed E-state index contributed by atoms with van der Waals surface area (Å²) >= 11 is 11.6. The van der Waals surface area contributed by atoms with Crippen LogP contribution in [0.15, 0.2) is 47.6 Å². The number of amides is 2. The van der Waals surface area contributed by atoms with Gasteiger partial charge in [-0.2, -0.15) is 5.10 Å². The lowest BCUT2D eigenvalue weighted by molar-refractivity contribution is -0.136. The van der Waals surface area contributed by atoms with Gasteiger partial charge in [0, 0.05) is 5.69 Å². The molecule has 0 fully saturated rings. The molecular formula is C16H13Cl2N3O3. The van der Waals surface area contributed by atoms with Gasteiger partial charge in [-0.1, -0.05) is 35.3 Å². The van der Waals surface area contributed by atoms with Gasteiger partial charge in [-0.05, 0) is 35.9 Å². The number of hydrogen-bond acceptors (Lipinski definition) is 4. The molecule has 24 heavy (non-hydrogen) atoms. The average molecular weight is 366 g/mol. The van der Waals surface area contributed by atoms with E-state index in [1.54, 1.807) is 31.4 Å². The first-order chi connectivity index (χ1) is 11.5. The second kappa shape index (κ2) is 8.33. The summed E-state index contributed by atoms with van der Waals surface area (Å²) in [5.74, 6) is -1.14. The summed E-state index contributed by atoms with van der Waals surface area (Å²) < 4.78 is 5.07. The van der Waals surface area contributed by atoms with Gasteiger partial charge in [-0.15, -0.1) is 0 Å². The van der Waals surface area contributed by atoms with E-state index in [1.165, 1.54) is 24.4 Å². The number of methoxy groups -OCH3 is 1. The number of hydrogen-bond donors (Lipinski definition) is 2. The monoisotopic (exact) mass is 365 g/mol. The Morgan fingerprint density at radius 2 is 1.88 bits per heavy atom. The van der Waals surface area contributed by atoms with Crippen LogP contribution in [0.2, 0.25) is 10.0 Å². The molecule has 0 bridgehead atoms. The van der Waals surface area contributed by atoms with Crippen LogP contribution in [-0.4, -0.2) is 25.1 Å². The quantitative estimate of drug-likeness (QED) is 0.496.